The molecule has 0 aliphatic carbocycles. The van der Waals surface area contributed by atoms with Crippen LogP contribution in [0, 0.1) is 0 Å². The lowest BCUT2D eigenvalue weighted by Gasteiger charge is -2.17. The fraction of sp³-hybridized carbons (Fsp3) is 0.769. The van der Waals surface area contributed by atoms with Gasteiger partial charge in [0.05, 0.1) is 12.3 Å². The highest BCUT2D eigenvalue weighted by Crippen LogP contribution is 2.26. The predicted octanol–water partition coefficient (Wildman–Crippen LogP) is 1.40. The summed E-state index contributed by atoms with van der Waals surface area (Å²) in [5, 5.41) is 4.26. The molecule has 0 aliphatic rings. The van der Waals surface area contributed by atoms with E-state index in [2.05, 4.69) is 41.2 Å². The van der Waals surface area contributed by atoms with Crippen molar-refractivity contribution in [2.45, 2.75) is 19.6 Å². The van der Waals surface area contributed by atoms with Crippen molar-refractivity contribution in [2.75, 3.05) is 53.3 Å². The standard InChI is InChI=1S/C13H26N4OS/c1-14-9-12-11(10-18-5)15-13(19-12)17(4)8-6-7-16(2)3/h14H,6-10H2,1-5H3. The fourth-order valence-corrected chi connectivity index (χ4v) is 2.86. The third-order valence-corrected chi connectivity index (χ3v) is 4.02. The highest BCUT2D eigenvalue weighted by atomic mass is 32.1. The summed E-state index contributed by atoms with van der Waals surface area (Å²) >= 11 is 1.75. The highest BCUT2D eigenvalue weighted by Gasteiger charge is 2.13. The molecule has 1 aromatic heterocycles. The summed E-state index contributed by atoms with van der Waals surface area (Å²) in [7, 11) is 9.98. The number of thiazole rings is 1. The van der Waals surface area contributed by atoms with Crippen molar-refractivity contribution < 1.29 is 4.74 Å². The Morgan fingerprint density at radius 1 is 1.26 bits per heavy atom. The Hall–Kier alpha value is -0.690. The molecule has 0 spiro atoms. The van der Waals surface area contributed by atoms with E-state index >= 15 is 0 Å². The van der Waals surface area contributed by atoms with E-state index in [9.17, 15) is 0 Å². The van der Waals surface area contributed by atoms with E-state index in [4.69, 9.17) is 4.74 Å². The molecular formula is C13H26N4OS. The Kier molecular flexibility index (Phi) is 7.30. The van der Waals surface area contributed by atoms with Crippen LogP contribution >= 0.6 is 11.3 Å². The minimum Gasteiger partial charge on any atom is -0.378 e. The molecule has 6 heteroatoms. The van der Waals surface area contributed by atoms with Crippen molar-refractivity contribution in [3.05, 3.63) is 10.6 Å². The van der Waals surface area contributed by atoms with Crippen LogP contribution in [0.25, 0.3) is 0 Å². The average Bonchev–Trinajstić information content (AvgIpc) is 2.73. The second-order valence-electron chi connectivity index (χ2n) is 4.91. The Labute approximate surface area is 120 Å². The molecule has 110 valence electrons. The van der Waals surface area contributed by atoms with Gasteiger partial charge in [-0.3, -0.25) is 0 Å². The number of hydrogen-bond donors (Lipinski definition) is 1. The van der Waals surface area contributed by atoms with E-state index in [1.165, 1.54) is 4.88 Å². The first kappa shape index (κ1) is 16.4. The minimum atomic E-state index is 0.582. The maximum absolute atomic E-state index is 5.21. The minimum absolute atomic E-state index is 0.582. The van der Waals surface area contributed by atoms with Gasteiger partial charge in [0.2, 0.25) is 0 Å². The topological polar surface area (TPSA) is 40.6 Å². The first-order chi connectivity index (χ1) is 9.08. The Morgan fingerprint density at radius 3 is 2.58 bits per heavy atom. The number of anilines is 1. The van der Waals surface area contributed by atoms with Gasteiger partial charge in [0.15, 0.2) is 5.13 Å². The quantitative estimate of drug-likeness (QED) is 0.743. The van der Waals surface area contributed by atoms with Crippen LogP contribution in [0.2, 0.25) is 0 Å². The van der Waals surface area contributed by atoms with Crippen LogP contribution in [-0.2, 0) is 17.9 Å². The summed E-state index contributed by atoms with van der Waals surface area (Å²) in [6.07, 6.45) is 1.14. The number of ether oxygens (including phenoxy) is 1. The zero-order valence-corrected chi connectivity index (χ0v) is 13.5. The summed E-state index contributed by atoms with van der Waals surface area (Å²) in [6, 6.07) is 0. The predicted molar refractivity (Wildman–Crippen MR) is 82.0 cm³/mol. The van der Waals surface area contributed by atoms with Gasteiger partial charge in [0, 0.05) is 32.1 Å². The lowest BCUT2D eigenvalue weighted by atomic mass is 10.3. The van der Waals surface area contributed by atoms with E-state index in [0.29, 0.717) is 6.61 Å². The smallest absolute Gasteiger partial charge is 0.185 e. The van der Waals surface area contributed by atoms with Crippen molar-refractivity contribution >= 4 is 16.5 Å². The van der Waals surface area contributed by atoms with Crippen molar-refractivity contribution in [2.24, 2.45) is 0 Å². The normalized spacial score (nSPS) is 11.3. The summed E-state index contributed by atoms with van der Waals surface area (Å²) < 4.78 is 5.21. The summed E-state index contributed by atoms with van der Waals surface area (Å²) in [5.41, 5.74) is 1.05. The van der Waals surface area contributed by atoms with E-state index in [0.717, 1.165) is 36.9 Å². The van der Waals surface area contributed by atoms with Gasteiger partial charge < -0.3 is 19.9 Å². The third kappa shape index (κ3) is 5.44. The molecule has 19 heavy (non-hydrogen) atoms. The molecule has 1 rings (SSSR count). The molecule has 1 aromatic rings. The molecule has 0 aliphatic heterocycles. The number of hydrogen-bond acceptors (Lipinski definition) is 6. The lowest BCUT2D eigenvalue weighted by molar-refractivity contribution is 0.181. The van der Waals surface area contributed by atoms with Gasteiger partial charge in [-0.1, -0.05) is 0 Å². The largest absolute Gasteiger partial charge is 0.378 e. The van der Waals surface area contributed by atoms with E-state index < -0.39 is 0 Å². The van der Waals surface area contributed by atoms with Crippen molar-refractivity contribution in [1.82, 2.24) is 15.2 Å². The first-order valence-corrected chi connectivity index (χ1v) is 7.38. The molecule has 0 aromatic carbocycles. The maximum atomic E-state index is 5.21. The van der Waals surface area contributed by atoms with Crippen molar-refractivity contribution in [3.63, 3.8) is 0 Å². The maximum Gasteiger partial charge on any atom is 0.185 e. The molecule has 0 fully saturated rings. The van der Waals surface area contributed by atoms with Gasteiger partial charge in [0.1, 0.15) is 0 Å². The monoisotopic (exact) mass is 286 g/mol. The van der Waals surface area contributed by atoms with E-state index in [1.54, 1.807) is 18.4 Å². The van der Waals surface area contributed by atoms with Gasteiger partial charge in [-0.05, 0) is 34.1 Å². The third-order valence-electron chi connectivity index (χ3n) is 2.81. The lowest BCUT2D eigenvalue weighted by Crippen LogP contribution is -2.23. The highest BCUT2D eigenvalue weighted by molar-refractivity contribution is 7.15. The van der Waals surface area contributed by atoms with Crippen LogP contribution in [0.3, 0.4) is 0 Å². The van der Waals surface area contributed by atoms with Gasteiger partial charge in [-0.2, -0.15) is 0 Å². The molecule has 0 saturated heterocycles. The molecule has 5 nitrogen and oxygen atoms in total. The molecule has 0 radical (unpaired) electrons. The fourth-order valence-electron chi connectivity index (χ4n) is 1.80. The molecule has 0 atom stereocenters. The Balaban J connectivity index is 2.63. The van der Waals surface area contributed by atoms with E-state index in [-0.39, 0.29) is 0 Å². The number of nitrogens with zero attached hydrogens (tertiary/aromatic N) is 3. The van der Waals surface area contributed by atoms with Gasteiger partial charge in [-0.25, -0.2) is 4.98 Å². The van der Waals surface area contributed by atoms with Crippen molar-refractivity contribution in [3.8, 4) is 0 Å². The van der Waals surface area contributed by atoms with Crippen LogP contribution in [0.1, 0.15) is 17.0 Å². The van der Waals surface area contributed by atoms with Crippen LogP contribution in [0.4, 0.5) is 5.13 Å². The number of aromatic nitrogens is 1. The second kappa shape index (κ2) is 8.47. The van der Waals surface area contributed by atoms with Gasteiger partial charge in [-0.15, -0.1) is 11.3 Å². The molecule has 1 N–H and O–H groups in total. The molecule has 0 amide bonds. The molecule has 1 heterocycles. The number of nitrogens with one attached hydrogen (secondary N) is 1. The zero-order valence-electron chi connectivity index (χ0n) is 12.7. The van der Waals surface area contributed by atoms with E-state index in [1.807, 2.05) is 7.05 Å². The zero-order chi connectivity index (χ0) is 14.3. The number of methoxy groups -OCH3 is 1. The summed E-state index contributed by atoms with van der Waals surface area (Å²) in [6.45, 7) is 3.56. The van der Waals surface area contributed by atoms with Crippen LogP contribution < -0.4 is 10.2 Å². The molecule has 0 saturated carbocycles. The van der Waals surface area contributed by atoms with Gasteiger partial charge >= 0.3 is 0 Å². The van der Waals surface area contributed by atoms with Crippen LogP contribution in [0.15, 0.2) is 0 Å². The first-order valence-electron chi connectivity index (χ1n) is 6.56. The summed E-state index contributed by atoms with van der Waals surface area (Å²) in [5.74, 6) is 0. The molecule has 0 bridgehead atoms. The SMILES string of the molecule is CNCc1sc(N(C)CCCN(C)C)nc1COC. The molecular weight excluding hydrogens is 260 g/mol. The average molecular weight is 286 g/mol. The number of rotatable bonds is 9. The van der Waals surface area contributed by atoms with Crippen LogP contribution in [-0.4, -0.2) is 58.3 Å². The second-order valence-corrected chi connectivity index (χ2v) is 5.97. The van der Waals surface area contributed by atoms with Crippen molar-refractivity contribution in [1.29, 1.82) is 0 Å². The molecule has 0 unspecified atom stereocenters. The van der Waals surface area contributed by atoms with Gasteiger partial charge in [0.25, 0.3) is 0 Å². The Bertz CT molecular complexity index is 344. The summed E-state index contributed by atoms with van der Waals surface area (Å²) in [4.78, 5) is 10.4. The Morgan fingerprint density at radius 2 is 2.00 bits per heavy atom. The van der Waals surface area contributed by atoms with Crippen LogP contribution in [0.5, 0.6) is 0 Å².